The highest BCUT2D eigenvalue weighted by Crippen LogP contribution is 2.34. The Hall–Kier alpha value is -2.68. The lowest BCUT2D eigenvalue weighted by molar-refractivity contribution is -0.452. The van der Waals surface area contributed by atoms with Gasteiger partial charge in [0.1, 0.15) is 11.3 Å². The summed E-state index contributed by atoms with van der Waals surface area (Å²) in [6, 6.07) is 2.81. The van der Waals surface area contributed by atoms with E-state index in [-0.39, 0.29) is 23.7 Å². The summed E-state index contributed by atoms with van der Waals surface area (Å²) in [6.45, 7) is 2.44. The third-order valence-electron chi connectivity index (χ3n) is 5.36. The minimum absolute atomic E-state index is 0.00592. The summed E-state index contributed by atoms with van der Waals surface area (Å²) >= 11 is 0. The number of unbranched alkanes of at least 4 members (excludes halogenated alkanes) is 11. The molecule has 0 heterocycles. The smallest absolute Gasteiger partial charge is 0.496 e. The quantitative estimate of drug-likeness (QED) is 0.0934. The predicted molar refractivity (Wildman–Crippen MR) is 126 cm³/mol. The number of carbonyl (C=O) groups is 2. The lowest BCUT2D eigenvalue weighted by atomic mass is 10.1. The largest absolute Gasteiger partial charge is 0.543 e. The molecule has 0 fully saturated rings. The molecule has 9 nitrogen and oxygen atoms in total. The molecule has 0 aliphatic carbocycles. The molecule has 1 aromatic rings. The summed E-state index contributed by atoms with van der Waals surface area (Å²) in [5.41, 5.74) is -0.00592. The Balaban J connectivity index is 2.12. The second-order valence-electron chi connectivity index (χ2n) is 7.92. The van der Waals surface area contributed by atoms with Gasteiger partial charge in [-0.3, -0.25) is 4.89 Å². The number of hydrogen-bond acceptors (Lipinski definition) is 9. The molecular weight excluding hydrogens is 444 g/mol. The van der Waals surface area contributed by atoms with Crippen LogP contribution in [0.3, 0.4) is 0 Å². The fraction of sp³-hybridized carbons (Fsp3) is 0.680. The molecule has 9 heteroatoms. The van der Waals surface area contributed by atoms with Crippen molar-refractivity contribution in [3.05, 3.63) is 17.7 Å². The molecule has 0 aromatic heterocycles. The van der Waals surface area contributed by atoms with Crippen LogP contribution in [0.4, 0.5) is 4.79 Å². The molecule has 1 rings (SSSR count). The molecule has 0 bridgehead atoms. The molecule has 0 aliphatic rings. The first-order valence-corrected chi connectivity index (χ1v) is 12.1. The molecular formula is C25H40O9. The van der Waals surface area contributed by atoms with Crippen molar-refractivity contribution in [2.45, 2.75) is 84.0 Å². The number of hydrogen-bond donors (Lipinski definition) is 0. The Morgan fingerprint density at radius 2 is 1.15 bits per heavy atom. The Morgan fingerprint density at radius 3 is 1.68 bits per heavy atom. The molecule has 0 atom stereocenters. The summed E-state index contributed by atoms with van der Waals surface area (Å²) in [4.78, 5) is 32.6. The zero-order valence-corrected chi connectivity index (χ0v) is 21.0. The van der Waals surface area contributed by atoms with Crippen molar-refractivity contribution in [1.82, 2.24) is 0 Å². The number of rotatable bonds is 19. The van der Waals surface area contributed by atoms with Crippen molar-refractivity contribution >= 4 is 12.1 Å². The van der Waals surface area contributed by atoms with Gasteiger partial charge in [-0.25, -0.2) is 14.5 Å². The fourth-order valence-electron chi connectivity index (χ4n) is 3.43. The standard InChI is InChI=1S/C25H40O9/c1-5-6-7-8-9-10-11-12-13-14-15-16-17-31-25(27)33-34-32-24(26)20-18-22(29-3)23(30-4)19-21(20)28-2/h18-19H,5-17H2,1-4H3. The highest BCUT2D eigenvalue weighted by Gasteiger charge is 2.21. The molecule has 1 aromatic carbocycles. The molecule has 0 spiro atoms. The molecule has 0 radical (unpaired) electrons. The van der Waals surface area contributed by atoms with Gasteiger partial charge in [0, 0.05) is 12.1 Å². The second-order valence-corrected chi connectivity index (χ2v) is 7.92. The average Bonchev–Trinajstić information content (AvgIpc) is 2.85. The molecule has 0 saturated carbocycles. The number of carbonyl (C=O) groups excluding carboxylic acids is 2. The van der Waals surface area contributed by atoms with Crippen LogP contribution in [0.2, 0.25) is 0 Å². The van der Waals surface area contributed by atoms with Crippen LogP contribution in [0.5, 0.6) is 17.2 Å². The van der Waals surface area contributed by atoms with Crippen molar-refractivity contribution in [3.63, 3.8) is 0 Å². The first kappa shape index (κ1) is 29.4. The van der Waals surface area contributed by atoms with Crippen LogP contribution >= 0.6 is 0 Å². The lowest BCUT2D eigenvalue weighted by Gasteiger charge is -2.12. The number of methoxy groups -OCH3 is 3. The molecule has 194 valence electrons. The lowest BCUT2D eigenvalue weighted by Crippen LogP contribution is -2.13. The minimum Gasteiger partial charge on any atom is -0.496 e. The van der Waals surface area contributed by atoms with Gasteiger partial charge in [0.15, 0.2) is 11.5 Å². The molecule has 0 unspecified atom stereocenters. The van der Waals surface area contributed by atoms with E-state index in [0.717, 1.165) is 19.3 Å². The summed E-state index contributed by atoms with van der Waals surface area (Å²) in [6.07, 6.45) is 13.5. The van der Waals surface area contributed by atoms with Crippen LogP contribution < -0.4 is 14.2 Å². The Bertz CT molecular complexity index is 706. The highest BCUT2D eigenvalue weighted by molar-refractivity contribution is 5.93. The van der Waals surface area contributed by atoms with E-state index in [2.05, 4.69) is 21.7 Å². The maximum Gasteiger partial charge on any atom is 0.543 e. The van der Waals surface area contributed by atoms with E-state index in [1.54, 1.807) is 0 Å². The monoisotopic (exact) mass is 484 g/mol. The van der Waals surface area contributed by atoms with Crippen LogP contribution in [0.1, 0.15) is 94.3 Å². The first-order valence-electron chi connectivity index (χ1n) is 12.1. The van der Waals surface area contributed by atoms with Gasteiger partial charge < -0.3 is 18.9 Å². The van der Waals surface area contributed by atoms with E-state index in [9.17, 15) is 9.59 Å². The van der Waals surface area contributed by atoms with Gasteiger partial charge in [-0.1, -0.05) is 77.6 Å². The van der Waals surface area contributed by atoms with Crippen molar-refractivity contribution < 1.29 is 43.3 Å². The van der Waals surface area contributed by atoms with Gasteiger partial charge in [-0.15, -0.1) is 0 Å². The molecule has 0 saturated heterocycles. The van der Waals surface area contributed by atoms with E-state index in [1.807, 2.05) is 0 Å². The average molecular weight is 485 g/mol. The van der Waals surface area contributed by atoms with E-state index in [1.165, 1.54) is 91.2 Å². The normalized spacial score (nSPS) is 10.5. The van der Waals surface area contributed by atoms with Gasteiger partial charge in [0.25, 0.3) is 0 Å². The summed E-state index contributed by atoms with van der Waals surface area (Å²) in [5, 5.41) is 4.25. The van der Waals surface area contributed by atoms with Crippen LogP contribution in [0.15, 0.2) is 12.1 Å². The van der Waals surface area contributed by atoms with Crippen LogP contribution in [-0.4, -0.2) is 40.1 Å². The third kappa shape index (κ3) is 12.0. The summed E-state index contributed by atoms with van der Waals surface area (Å²) < 4.78 is 20.3. The molecule has 0 aliphatic heterocycles. The Morgan fingerprint density at radius 1 is 0.647 bits per heavy atom. The van der Waals surface area contributed by atoms with E-state index >= 15 is 0 Å². The van der Waals surface area contributed by atoms with E-state index < -0.39 is 12.1 Å². The van der Waals surface area contributed by atoms with E-state index in [0.29, 0.717) is 5.75 Å². The minimum atomic E-state index is -1.09. The predicted octanol–water partition coefficient (Wildman–Crippen LogP) is 6.57. The molecule has 0 N–H and O–H groups in total. The van der Waals surface area contributed by atoms with Gasteiger partial charge in [0.05, 0.1) is 33.0 Å². The maximum absolute atomic E-state index is 12.2. The SMILES string of the molecule is CCCCCCCCCCCCCCOC(=O)OOOC(=O)c1cc(OC)c(OC)cc1OC. The van der Waals surface area contributed by atoms with Crippen molar-refractivity contribution in [2.24, 2.45) is 0 Å². The topological polar surface area (TPSA) is 98.8 Å². The Kier molecular flexibility index (Phi) is 16.2. The van der Waals surface area contributed by atoms with Gasteiger partial charge >= 0.3 is 12.1 Å². The zero-order valence-electron chi connectivity index (χ0n) is 21.0. The summed E-state index contributed by atoms with van der Waals surface area (Å²) in [7, 11) is 4.25. The van der Waals surface area contributed by atoms with Gasteiger partial charge in [-0.2, -0.15) is 0 Å². The Labute approximate surface area is 202 Å². The van der Waals surface area contributed by atoms with Crippen LogP contribution in [0, 0.1) is 0 Å². The van der Waals surface area contributed by atoms with Crippen molar-refractivity contribution in [3.8, 4) is 17.2 Å². The number of ether oxygens (including phenoxy) is 4. The fourth-order valence-corrected chi connectivity index (χ4v) is 3.43. The van der Waals surface area contributed by atoms with Crippen LogP contribution in [0.25, 0.3) is 0 Å². The third-order valence-corrected chi connectivity index (χ3v) is 5.36. The van der Waals surface area contributed by atoms with Crippen LogP contribution in [-0.2, 0) is 19.6 Å². The molecule has 34 heavy (non-hydrogen) atoms. The summed E-state index contributed by atoms with van der Waals surface area (Å²) in [5.74, 6) is -0.125. The number of benzene rings is 1. The highest BCUT2D eigenvalue weighted by atomic mass is 17.5. The second kappa shape index (κ2) is 18.7. The van der Waals surface area contributed by atoms with Crippen molar-refractivity contribution in [1.29, 1.82) is 0 Å². The maximum atomic E-state index is 12.2. The zero-order chi connectivity index (χ0) is 25.0. The van der Waals surface area contributed by atoms with Crippen molar-refractivity contribution in [2.75, 3.05) is 27.9 Å². The van der Waals surface area contributed by atoms with Gasteiger partial charge in [0.2, 0.25) is 0 Å². The van der Waals surface area contributed by atoms with E-state index in [4.69, 9.17) is 18.9 Å². The van der Waals surface area contributed by atoms with Gasteiger partial charge in [-0.05, 0) is 6.42 Å². The first-order chi connectivity index (χ1) is 16.6. The molecule has 0 amide bonds.